The Balaban J connectivity index is 0.000000165. The highest BCUT2D eigenvalue weighted by atomic mass is 16.4. The van der Waals surface area contributed by atoms with Crippen LogP contribution in [0, 0.1) is 0 Å². The van der Waals surface area contributed by atoms with Crippen molar-refractivity contribution < 1.29 is 9.90 Å². The molecule has 0 atom stereocenters. The van der Waals surface area contributed by atoms with Crippen LogP contribution in [0.1, 0.15) is 10.4 Å². The van der Waals surface area contributed by atoms with E-state index in [0.717, 1.165) is 0 Å². The molecule has 0 spiro atoms. The Kier molecular flexibility index (Phi) is 4.53. The summed E-state index contributed by atoms with van der Waals surface area (Å²) in [5.41, 5.74) is 0.278. The van der Waals surface area contributed by atoms with Crippen molar-refractivity contribution in [1.82, 2.24) is 4.98 Å². The SMILES string of the molecule is O=C(O)c1ccccc1.O=c1cccc[nH]1. The van der Waals surface area contributed by atoms with Gasteiger partial charge in [-0.05, 0) is 18.2 Å². The lowest BCUT2D eigenvalue weighted by atomic mass is 10.2. The molecule has 0 bridgehead atoms. The average Bonchev–Trinajstić information content (AvgIpc) is 2.32. The van der Waals surface area contributed by atoms with Crippen LogP contribution in [-0.2, 0) is 0 Å². The smallest absolute Gasteiger partial charge is 0.335 e. The van der Waals surface area contributed by atoms with Crippen molar-refractivity contribution in [1.29, 1.82) is 0 Å². The van der Waals surface area contributed by atoms with Gasteiger partial charge in [0.15, 0.2) is 0 Å². The molecule has 0 fully saturated rings. The minimum absolute atomic E-state index is 0.0532. The molecule has 2 aromatic rings. The van der Waals surface area contributed by atoms with Crippen LogP contribution in [-0.4, -0.2) is 16.1 Å². The van der Waals surface area contributed by atoms with Gasteiger partial charge in [-0.2, -0.15) is 0 Å². The molecule has 4 nitrogen and oxygen atoms in total. The maximum absolute atomic E-state index is 10.2. The largest absolute Gasteiger partial charge is 0.478 e. The van der Waals surface area contributed by atoms with Crippen LogP contribution in [0.25, 0.3) is 0 Å². The summed E-state index contributed by atoms with van der Waals surface area (Å²) in [4.78, 5) is 22.9. The van der Waals surface area contributed by atoms with Crippen LogP contribution in [0.15, 0.2) is 59.5 Å². The van der Waals surface area contributed by atoms with Gasteiger partial charge in [0.25, 0.3) is 0 Å². The van der Waals surface area contributed by atoms with E-state index in [1.165, 1.54) is 6.07 Å². The van der Waals surface area contributed by atoms with Crippen LogP contribution in [0.3, 0.4) is 0 Å². The summed E-state index contributed by atoms with van der Waals surface area (Å²) in [6.45, 7) is 0. The molecular formula is C12H11NO3. The Morgan fingerprint density at radius 1 is 1.00 bits per heavy atom. The van der Waals surface area contributed by atoms with Gasteiger partial charge in [-0.1, -0.05) is 24.3 Å². The lowest BCUT2D eigenvalue weighted by molar-refractivity contribution is 0.0697. The molecule has 0 unspecified atom stereocenters. The zero-order valence-corrected chi connectivity index (χ0v) is 8.46. The van der Waals surface area contributed by atoms with Gasteiger partial charge in [-0.15, -0.1) is 0 Å². The first-order chi connectivity index (χ1) is 7.70. The van der Waals surface area contributed by atoms with E-state index in [4.69, 9.17) is 5.11 Å². The highest BCUT2D eigenvalue weighted by Crippen LogP contribution is 1.96. The van der Waals surface area contributed by atoms with E-state index < -0.39 is 5.97 Å². The summed E-state index contributed by atoms with van der Waals surface area (Å²) in [6.07, 6.45) is 1.60. The van der Waals surface area contributed by atoms with E-state index >= 15 is 0 Å². The Morgan fingerprint density at radius 2 is 1.62 bits per heavy atom. The molecule has 2 rings (SSSR count). The predicted molar refractivity (Wildman–Crippen MR) is 60.5 cm³/mol. The third-order valence-electron chi connectivity index (χ3n) is 1.70. The second-order valence-electron chi connectivity index (χ2n) is 2.90. The molecule has 4 heteroatoms. The van der Waals surface area contributed by atoms with Crippen molar-refractivity contribution >= 4 is 5.97 Å². The molecule has 0 saturated heterocycles. The molecule has 0 aliphatic carbocycles. The quantitative estimate of drug-likeness (QED) is 0.764. The van der Waals surface area contributed by atoms with Crippen LogP contribution in [0.5, 0.6) is 0 Å². The van der Waals surface area contributed by atoms with Gasteiger partial charge in [-0.3, -0.25) is 4.79 Å². The molecular weight excluding hydrogens is 206 g/mol. The first-order valence-electron chi connectivity index (χ1n) is 4.62. The van der Waals surface area contributed by atoms with Crippen molar-refractivity contribution in [2.24, 2.45) is 0 Å². The number of carboxylic acid groups (broad SMARTS) is 1. The molecule has 1 aromatic carbocycles. The Labute approximate surface area is 92.2 Å². The fraction of sp³-hybridized carbons (Fsp3) is 0. The zero-order valence-electron chi connectivity index (χ0n) is 8.46. The maximum Gasteiger partial charge on any atom is 0.335 e. The molecule has 82 valence electrons. The molecule has 0 amide bonds. The topological polar surface area (TPSA) is 70.2 Å². The Hall–Kier alpha value is -2.36. The van der Waals surface area contributed by atoms with Gasteiger partial charge in [0, 0.05) is 12.3 Å². The van der Waals surface area contributed by atoms with Crippen molar-refractivity contribution in [2.45, 2.75) is 0 Å². The van der Waals surface area contributed by atoms with E-state index in [0.29, 0.717) is 5.56 Å². The highest BCUT2D eigenvalue weighted by molar-refractivity contribution is 5.87. The molecule has 0 saturated carbocycles. The van der Waals surface area contributed by atoms with Crippen molar-refractivity contribution in [2.75, 3.05) is 0 Å². The van der Waals surface area contributed by atoms with Crippen LogP contribution >= 0.6 is 0 Å². The second-order valence-corrected chi connectivity index (χ2v) is 2.90. The second kappa shape index (κ2) is 6.19. The minimum Gasteiger partial charge on any atom is -0.478 e. The molecule has 1 aromatic heterocycles. The first kappa shape index (κ1) is 11.7. The number of aromatic nitrogens is 1. The first-order valence-corrected chi connectivity index (χ1v) is 4.62. The van der Waals surface area contributed by atoms with Crippen molar-refractivity contribution in [3.05, 3.63) is 70.6 Å². The summed E-state index contributed by atoms with van der Waals surface area (Å²) >= 11 is 0. The van der Waals surface area contributed by atoms with E-state index in [1.807, 2.05) is 0 Å². The third-order valence-corrected chi connectivity index (χ3v) is 1.70. The van der Waals surface area contributed by atoms with Crippen LogP contribution in [0.4, 0.5) is 0 Å². The van der Waals surface area contributed by atoms with Gasteiger partial charge in [-0.25, -0.2) is 4.79 Å². The molecule has 2 N–H and O–H groups in total. The zero-order chi connectivity index (χ0) is 11.8. The lowest BCUT2D eigenvalue weighted by Gasteiger charge is -1.88. The number of aromatic carboxylic acids is 1. The summed E-state index contributed by atoms with van der Waals surface area (Å²) in [5.74, 6) is -0.879. The number of carboxylic acids is 1. The van der Waals surface area contributed by atoms with E-state index in [2.05, 4.69) is 4.98 Å². The number of hydrogen-bond acceptors (Lipinski definition) is 2. The molecule has 0 aliphatic heterocycles. The van der Waals surface area contributed by atoms with Crippen LogP contribution < -0.4 is 5.56 Å². The van der Waals surface area contributed by atoms with Gasteiger partial charge in [0.1, 0.15) is 0 Å². The monoisotopic (exact) mass is 217 g/mol. The normalized spacial score (nSPS) is 8.75. The van der Waals surface area contributed by atoms with E-state index in [-0.39, 0.29) is 5.56 Å². The summed E-state index contributed by atoms with van der Waals surface area (Å²) in [5, 5.41) is 8.38. The van der Waals surface area contributed by atoms with Gasteiger partial charge in [0.2, 0.25) is 5.56 Å². The fourth-order valence-electron chi connectivity index (χ4n) is 0.958. The van der Waals surface area contributed by atoms with E-state index in [1.54, 1.807) is 48.7 Å². The van der Waals surface area contributed by atoms with Gasteiger partial charge in [0.05, 0.1) is 5.56 Å². The molecule has 1 heterocycles. The number of carbonyl (C=O) groups is 1. The van der Waals surface area contributed by atoms with E-state index in [9.17, 15) is 9.59 Å². The Bertz CT molecular complexity index is 473. The summed E-state index contributed by atoms with van der Waals surface area (Å²) < 4.78 is 0. The molecule has 16 heavy (non-hydrogen) atoms. The number of benzene rings is 1. The molecule has 0 aliphatic rings. The number of H-pyrrole nitrogens is 1. The fourth-order valence-corrected chi connectivity index (χ4v) is 0.958. The number of nitrogens with one attached hydrogen (secondary N) is 1. The highest BCUT2D eigenvalue weighted by Gasteiger charge is 1.96. The van der Waals surface area contributed by atoms with Gasteiger partial charge < -0.3 is 10.1 Å². The number of rotatable bonds is 1. The molecule has 0 radical (unpaired) electrons. The number of hydrogen-bond donors (Lipinski definition) is 2. The maximum atomic E-state index is 10.2. The third kappa shape index (κ3) is 4.23. The van der Waals surface area contributed by atoms with Crippen LogP contribution in [0.2, 0.25) is 0 Å². The number of aromatic amines is 1. The number of pyridine rings is 1. The summed E-state index contributed by atoms with van der Waals surface area (Å²) in [7, 11) is 0. The Morgan fingerprint density at radius 3 is 1.94 bits per heavy atom. The van der Waals surface area contributed by atoms with Crippen molar-refractivity contribution in [3.63, 3.8) is 0 Å². The predicted octanol–water partition coefficient (Wildman–Crippen LogP) is 1.76. The standard InChI is InChI=1S/C7H6O2.C5H5NO/c8-7(9)6-4-2-1-3-5-6;7-5-3-1-2-4-6-5/h1-5H,(H,8,9);1-4H,(H,6,7). The van der Waals surface area contributed by atoms with Gasteiger partial charge >= 0.3 is 5.97 Å². The summed E-state index contributed by atoms with van der Waals surface area (Å²) in [6, 6.07) is 13.2. The lowest BCUT2D eigenvalue weighted by Crippen LogP contribution is -1.98. The average molecular weight is 217 g/mol. The minimum atomic E-state index is -0.879. The van der Waals surface area contributed by atoms with Crippen molar-refractivity contribution in [3.8, 4) is 0 Å².